The molecular weight excluding hydrogens is 162 g/mol. The molecule has 1 atom stereocenters. The predicted molar refractivity (Wildman–Crippen MR) is 58.9 cm³/mol. The molecule has 0 aliphatic rings. The third-order valence-electron chi connectivity index (χ3n) is 2.14. The molecular formula is C10H23N3. The fourth-order valence-electron chi connectivity index (χ4n) is 1.36. The van der Waals surface area contributed by atoms with Crippen molar-refractivity contribution in [3.05, 3.63) is 0 Å². The molecule has 0 aromatic carbocycles. The van der Waals surface area contributed by atoms with Gasteiger partial charge < -0.3 is 11.1 Å². The molecule has 0 saturated heterocycles. The second-order valence-electron chi connectivity index (χ2n) is 3.38. The van der Waals surface area contributed by atoms with Crippen LogP contribution in [0.3, 0.4) is 0 Å². The van der Waals surface area contributed by atoms with Gasteiger partial charge in [-0.2, -0.15) is 0 Å². The Kier molecular flexibility index (Phi) is 7.45. The van der Waals surface area contributed by atoms with Crippen molar-refractivity contribution in [2.75, 3.05) is 7.05 Å². The first-order valence-corrected chi connectivity index (χ1v) is 5.23. The van der Waals surface area contributed by atoms with Crippen LogP contribution in [0.1, 0.15) is 46.0 Å². The lowest BCUT2D eigenvalue weighted by molar-refractivity contribution is 0.493. The van der Waals surface area contributed by atoms with Crippen molar-refractivity contribution >= 4 is 5.96 Å². The van der Waals surface area contributed by atoms with Gasteiger partial charge in [0, 0.05) is 13.1 Å². The number of hydrogen-bond donors (Lipinski definition) is 2. The summed E-state index contributed by atoms with van der Waals surface area (Å²) in [6.07, 6.45) is 6.06. The van der Waals surface area contributed by atoms with Gasteiger partial charge >= 0.3 is 0 Å². The molecule has 3 N–H and O–H groups in total. The maximum absolute atomic E-state index is 5.61. The number of unbranched alkanes of at least 4 members (excludes halogenated alkanes) is 1. The van der Waals surface area contributed by atoms with E-state index >= 15 is 0 Å². The van der Waals surface area contributed by atoms with Crippen LogP contribution in [-0.2, 0) is 0 Å². The Morgan fingerprint density at radius 2 is 2.00 bits per heavy atom. The maximum atomic E-state index is 5.61. The van der Waals surface area contributed by atoms with Gasteiger partial charge in [-0.05, 0) is 12.8 Å². The first kappa shape index (κ1) is 12.3. The SMILES string of the molecule is CCCCC(CCC)NC(N)=NC. The molecule has 0 aliphatic carbocycles. The summed E-state index contributed by atoms with van der Waals surface area (Å²) in [4.78, 5) is 3.90. The van der Waals surface area contributed by atoms with E-state index in [-0.39, 0.29) is 0 Å². The number of nitrogens with two attached hydrogens (primary N) is 1. The third-order valence-corrected chi connectivity index (χ3v) is 2.14. The van der Waals surface area contributed by atoms with Crippen molar-refractivity contribution in [2.24, 2.45) is 10.7 Å². The molecule has 3 nitrogen and oxygen atoms in total. The molecule has 0 bridgehead atoms. The molecule has 13 heavy (non-hydrogen) atoms. The van der Waals surface area contributed by atoms with E-state index < -0.39 is 0 Å². The van der Waals surface area contributed by atoms with Crippen LogP contribution in [0.5, 0.6) is 0 Å². The summed E-state index contributed by atoms with van der Waals surface area (Å²) in [5, 5.41) is 3.23. The normalized spacial score (nSPS) is 14.2. The van der Waals surface area contributed by atoms with Crippen LogP contribution < -0.4 is 11.1 Å². The summed E-state index contributed by atoms with van der Waals surface area (Å²) in [7, 11) is 1.71. The summed E-state index contributed by atoms with van der Waals surface area (Å²) >= 11 is 0. The molecule has 0 spiro atoms. The van der Waals surface area contributed by atoms with Crippen molar-refractivity contribution in [3.63, 3.8) is 0 Å². The zero-order valence-electron chi connectivity index (χ0n) is 9.14. The molecule has 0 rings (SSSR count). The molecule has 0 aromatic heterocycles. The molecule has 0 saturated carbocycles. The Hall–Kier alpha value is -0.730. The standard InChI is InChI=1S/C10H23N3/c1-4-6-8-9(7-5-2)13-10(11)12-3/h9H,4-8H2,1-3H3,(H3,11,12,13). The fraction of sp³-hybridized carbons (Fsp3) is 0.900. The van der Waals surface area contributed by atoms with Gasteiger partial charge in [0.1, 0.15) is 0 Å². The molecule has 0 aliphatic heterocycles. The highest BCUT2D eigenvalue weighted by Gasteiger charge is 2.06. The zero-order valence-corrected chi connectivity index (χ0v) is 9.14. The molecule has 78 valence electrons. The van der Waals surface area contributed by atoms with Crippen molar-refractivity contribution in [3.8, 4) is 0 Å². The van der Waals surface area contributed by atoms with Crippen LogP contribution in [0.2, 0.25) is 0 Å². The van der Waals surface area contributed by atoms with Gasteiger partial charge in [0.05, 0.1) is 0 Å². The van der Waals surface area contributed by atoms with E-state index in [1.807, 2.05) is 0 Å². The average Bonchev–Trinajstić information content (AvgIpc) is 2.14. The Balaban J connectivity index is 3.79. The van der Waals surface area contributed by atoms with Gasteiger partial charge in [-0.1, -0.05) is 33.1 Å². The Labute approximate surface area is 81.8 Å². The monoisotopic (exact) mass is 185 g/mol. The third kappa shape index (κ3) is 6.43. The lowest BCUT2D eigenvalue weighted by atomic mass is 10.1. The zero-order chi connectivity index (χ0) is 10.1. The van der Waals surface area contributed by atoms with Crippen LogP contribution in [-0.4, -0.2) is 19.0 Å². The minimum absolute atomic E-state index is 0.508. The second kappa shape index (κ2) is 7.90. The number of rotatable bonds is 6. The van der Waals surface area contributed by atoms with Crippen molar-refractivity contribution in [1.29, 1.82) is 0 Å². The van der Waals surface area contributed by atoms with Crippen molar-refractivity contribution < 1.29 is 0 Å². The number of nitrogens with zero attached hydrogens (tertiary/aromatic N) is 1. The lowest BCUT2D eigenvalue weighted by Crippen LogP contribution is -2.39. The van der Waals surface area contributed by atoms with Crippen LogP contribution in [0.25, 0.3) is 0 Å². The Bertz CT molecular complexity index is 143. The van der Waals surface area contributed by atoms with Gasteiger partial charge in [-0.15, -0.1) is 0 Å². The van der Waals surface area contributed by atoms with Gasteiger partial charge in [-0.3, -0.25) is 4.99 Å². The Morgan fingerprint density at radius 3 is 2.46 bits per heavy atom. The quantitative estimate of drug-likeness (QED) is 0.490. The summed E-state index contributed by atoms with van der Waals surface area (Å²) < 4.78 is 0. The molecule has 0 aromatic rings. The van der Waals surface area contributed by atoms with E-state index in [2.05, 4.69) is 24.2 Å². The minimum Gasteiger partial charge on any atom is -0.370 e. The number of guanidine groups is 1. The number of aliphatic imine (C=N–C) groups is 1. The topological polar surface area (TPSA) is 50.4 Å². The summed E-state index contributed by atoms with van der Waals surface area (Å²) in [6, 6.07) is 0.508. The summed E-state index contributed by atoms with van der Waals surface area (Å²) in [5.41, 5.74) is 5.61. The van der Waals surface area contributed by atoms with Crippen LogP contribution in [0, 0.1) is 0 Å². The van der Waals surface area contributed by atoms with E-state index in [4.69, 9.17) is 5.73 Å². The van der Waals surface area contributed by atoms with Crippen molar-refractivity contribution in [2.45, 2.75) is 52.0 Å². The van der Waals surface area contributed by atoms with Crippen LogP contribution in [0.15, 0.2) is 4.99 Å². The lowest BCUT2D eigenvalue weighted by Gasteiger charge is -2.17. The molecule has 1 unspecified atom stereocenters. The molecule has 3 heteroatoms. The van der Waals surface area contributed by atoms with Crippen LogP contribution in [0.4, 0.5) is 0 Å². The highest BCUT2D eigenvalue weighted by Crippen LogP contribution is 2.06. The van der Waals surface area contributed by atoms with Gasteiger partial charge in [0.15, 0.2) is 5.96 Å². The van der Waals surface area contributed by atoms with E-state index in [1.165, 1.54) is 32.1 Å². The van der Waals surface area contributed by atoms with E-state index in [9.17, 15) is 0 Å². The molecule has 0 heterocycles. The fourth-order valence-corrected chi connectivity index (χ4v) is 1.36. The highest BCUT2D eigenvalue weighted by atomic mass is 15.1. The van der Waals surface area contributed by atoms with E-state index in [0.29, 0.717) is 12.0 Å². The minimum atomic E-state index is 0.508. The molecule has 0 radical (unpaired) electrons. The van der Waals surface area contributed by atoms with Gasteiger partial charge in [0.25, 0.3) is 0 Å². The van der Waals surface area contributed by atoms with E-state index in [1.54, 1.807) is 7.05 Å². The molecule has 0 fully saturated rings. The first-order valence-electron chi connectivity index (χ1n) is 5.23. The maximum Gasteiger partial charge on any atom is 0.188 e. The highest BCUT2D eigenvalue weighted by molar-refractivity contribution is 5.77. The van der Waals surface area contributed by atoms with Gasteiger partial charge in [-0.25, -0.2) is 0 Å². The second-order valence-corrected chi connectivity index (χ2v) is 3.38. The largest absolute Gasteiger partial charge is 0.370 e. The van der Waals surface area contributed by atoms with Crippen molar-refractivity contribution in [1.82, 2.24) is 5.32 Å². The van der Waals surface area contributed by atoms with Crippen LogP contribution >= 0.6 is 0 Å². The van der Waals surface area contributed by atoms with E-state index in [0.717, 1.165) is 0 Å². The summed E-state index contributed by atoms with van der Waals surface area (Å²) in [5.74, 6) is 0.564. The molecule has 0 amide bonds. The predicted octanol–water partition coefficient (Wildman–Crippen LogP) is 1.88. The summed E-state index contributed by atoms with van der Waals surface area (Å²) in [6.45, 7) is 4.40. The average molecular weight is 185 g/mol. The first-order chi connectivity index (χ1) is 6.24. The number of hydrogen-bond acceptors (Lipinski definition) is 1. The Morgan fingerprint density at radius 1 is 1.31 bits per heavy atom. The van der Waals surface area contributed by atoms with Gasteiger partial charge in [0.2, 0.25) is 0 Å². The smallest absolute Gasteiger partial charge is 0.188 e. The number of nitrogens with one attached hydrogen (secondary N) is 1.